The molecule has 7 heteroatoms. The minimum absolute atomic E-state index is 0.0769. The molecule has 1 amide bonds. The highest BCUT2D eigenvalue weighted by atomic mass is 79.9. The highest BCUT2D eigenvalue weighted by Gasteiger charge is 2.26. The predicted molar refractivity (Wildman–Crippen MR) is 104 cm³/mol. The Bertz CT molecular complexity index is 797. The molecule has 0 saturated carbocycles. The predicted octanol–water partition coefficient (Wildman–Crippen LogP) is 4.36. The van der Waals surface area contributed by atoms with Gasteiger partial charge in [0.2, 0.25) is 0 Å². The maximum absolute atomic E-state index is 13.2. The number of ether oxygens (including phenoxy) is 1. The SMILES string of the molecule is CC(Oc1ccc(F)cc1Br)C(=O)N1CCN(c2cccc(Cl)c2)CC1. The van der Waals surface area contributed by atoms with Crippen LogP contribution < -0.4 is 9.64 Å². The molecule has 0 bridgehead atoms. The highest BCUT2D eigenvalue weighted by Crippen LogP contribution is 2.27. The zero-order chi connectivity index (χ0) is 18.7. The van der Waals surface area contributed by atoms with Crippen LogP contribution in [0.4, 0.5) is 10.1 Å². The quantitative estimate of drug-likeness (QED) is 0.707. The van der Waals surface area contributed by atoms with Crippen LogP contribution in [-0.4, -0.2) is 43.1 Å². The fourth-order valence-corrected chi connectivity index (χ4v) is 3.56. The van der Waals surface area contributed by atoms with E-state index in [0.717, 1.165) is 18.8 Å². The molecule has 2 aromatic rings. The van der Waals surface area contributed by atoms with Crippen molar-refractivity contribution in [1.29, 1.82) is 0 Å². The zero-order valence-electron chi connectivity index (χ0n) is 14.3. The first-order chi connectivity index (χ1) is 12.4. The number of benzene rings is 2. The molecule has 1 aliphatic rings. The monoisotopic (exact) mass is 440 g/mol. The van der Waals surface area contributed by atoms with Crippen LogP contribution in [0, 0.1) is 5.82 Å². The fourth-order valence-electron chi connectivity index (χ4n) is 2.93. The number of anilines is 1. The van der Waals surface area contributed by atoms with Crippen LogP contribution in [0.25, 0.3) is 0 Å². The van der Waals surface area contributed by atoms with Gasteiger partial charge in [0, 0.05) is 36.9 Å². The highest BCUT2D eigenvalue weighted by molar-refractivity contribution is 9.10. The molecule has 1 aliphatic heterocycles. The van der Waals surface area contributed by atoms with Gasteiger partial charge in [0.15, 0.2) is 6.10 Å². The minimum atomic E-state index is -0.644. The van der Waals surface area contributed by atoms with Gasteiger partial charge in [-0.05, 0) is 59.3 Å². The Morgan fingerprint density at radius 3 is 2.58 bits per heavy atom. The third-order valence-corrected chi connectivity index (χ3v) is 5.16. The van der Waals surface area contributed by atoms with Gasteiger partial charge in [-0.2, -0.15) is 0 Å². The van der Waals surface area contributed by atoms with E-state index in [9.17, 15) is 9.18 Å². The van der Waals surface area contributed by atoms with Gasteiger partial charge in [-0.3, -0.25) is 4.79 Å². The van der Waals surface area contributed by atoms with Crippen molar-refractivity contribution < 1.29 is 13.9 Å². The van der Waals surface area contributed by atoms with E-state index in [2.05, 4.69) is 20.8 Å². The Morgan fingerprint density at radius 2 is 1.92 bits per heavy atom. The van der Waals surface area contributed by atoms with Crippen molar-refractivity contribution in [3.63, 3.8) is 0 Å². The molecule has 26 heavy (non-hydrogen) atoms. The molecule has 0 N–H and O–H groups in total. The number of halogens is 3. The van der Waals surface area contributed by atoms with Gasteiger partial charge in [0.1, 0.15) is 11.6 Å². The summed E-state index contributed by atoms with van der Waals surface area (Å²) in [5.41, 5.74) is 1.06. The first-order valence-corrected chi connectivity index (χ1v) is 9.52. The summed E-state index contributed by atoms with van der Waals surface area (Å²) in [6.45, 7) is 4.41. The second-order valence-corrected chi connectivity index (χ2v) is 7.42. The van der Waals surface area contributed by atoms with Crippen molar-refractivity contribution in [2.45, 2.75) is 13.0 Å². The maximum Gasteiger partial charge on any atom is 0.263 e. The molecule has 0 aromatic heterocycles. The lowest BCUT2D eigenvalue weighted by molar-refractivity contribution is -0.138. The van der Waals surface area contributed by atoms with Crippen LogP contribution in [0.1, 0.15) is 6.92 Å². The van der Waals surface area contributed by atoms with Gasteiger partial charge < -0.3 is 14.5 Å². The molecule has 4 nitrogen and oxygen atoms in total. The lowest BCUT2D eigenvalue weighted by atomic mass is 10.2. The normalized spacial score (nSPS) is 15.7. The minimum Gasteiger partial charge on any atom is -0.480 e. The topological polar surface area (TPSA) is 32.8 Å². The molecule has 1 saturated heterocycles. The molecule has 2 aromatic carbocycles. The van der Waals surface area contributed by atoms with Crippen LogP contribution in [0.3, 0.4) is 0 Å². The summed E-state index contributed by atoms with van der Waals surface area (Å²) in [7, 11) is 0. The van der Waals surface area contributed by atoms with Crippen molar-refractivity contribution >= 4 is 39.1 Å². The Labute approximate surface area is 165 Å². The van der Waals surface area contributed by atoms with Gasteiger partial charge in [-0.25, -0.2) is 4.39 Å². The van der Waals surface area contributed by atoms with Gasteiger partial charge in [0.05, 0.1) is 4.47 Å². The second-order valence-electron chi connectivity index (χ2n) is 6.13. The Kier molecular flexibility index (Phi) is 6.04. The lowest BCUT2D eigenvalue weighted by Gasteiger charge is -2.37. The van der Waals surface area contributed by atoms with E-state index in [-0.39, 0.29) is 11.7 Å². The van der Waals surface area contributed by atoms with Crippen molar-refractivity contribution in [3.8, 4) is 5.75 Å². The molecule has 1 unspecified atom stereocenters. The van der Waals surface area contributed by atoms with E-state index in [0.29, 0.717) is 28.3 Å². The zero-order valence-corrected chi connectivity index (χ0v) is 16.6. The Morgan fingerprint density at radius 1 is 1.19 bits per heavy atom. The maximum atomic E-state index is 13.2. The van der Waals surface area contributed by atoms with Gasteiger partial charge in [-0.1, -0.05) is 17.7 Å². The summed E-state index contributed by atoms with van der Waals surface area (Å²) in [5, 5.41) is 0.702. The second kappa shape index (κ2) is 8.27. The lowest BCUT2D eigenvalue weighted by Crippen LogP contribution is -2.52. The van der Waals surface area contributed by atoms with Crippen molar-refractivity contribution in [2.75, 3.05) is 31.1 Å². The van der Waals surface area contributed by atoms with E-state index in [1.165, 1.54) is 18.2 Å². The summed E-state index contributed by atoms with van der Waals surface area (Å²) in [6.07, 6.45) is -0.644. The van der Waals surface area contributed by atoms with Gasteiger partial charge >= 0.3 is 0 Å². The van der Waals surface area contributed by atoms with E-state index < -0.39 is 6.10 Å². The molecule has 3 rings (SSSR count). The van der Waals surface area contributed by atoms with Crippen LogP contribution in [-0.2, 0) is 4.79 Å². The first kappa shape index (κ1) is 19.0. The van der Waals surface area contributed by atoms with E-state index in [1.54, 1.807) is 11.8 Å². The van der Waals surface area contributed by atoms with Crippen LogP contribution in [0.15, 0.2) is 46.9 Å². The molecule has 1 atom stereocenters. The molecule has 138 valence electrons. The Hall–Kier alpha value is -1.79. The molecule has 0 radical (unpaired) electrons. The first-order valence-electron chi connectivity index (χ1n) is 8.35. The number of nitrogens with zero attached hydrogens (tertiary/aromatic N) is 2. The third kappa shape index (κ3) is 4.48. The summed E-state index contributed by atoms with van der Waals surface area (Å²) in [4.78, 5) is 16.7. The van der Waals surface area contributed by atoms with Gasteiger partial charge in [0.25, 0.3) is 5.91 Å². The molecule has 1 fully saturated rings. The molecular formula is C19H19BrClFN2O2. The number of carbonyl (C=O) groups is 1. The van der Waals surface area contributed by atoms with Crippen LogP contribution in [0.2, 0.25) is 5.02 Å². The van der Waals surface area contributed by atoms with Crippen LogP contribution >= 0.6 is 27.5 Å². The standard InChI is InChI=1S/C19H19BrClFN2O2/c1-13(26-18-6-5-15(22)12-17(18)20)19(25)24-9-7-23(8-10-24)16-4-2-3-14(21)11-16/h2-6,11-13H,7-10H2,1H3. The van der Waals surface area contributed by atoms with E-state index in [1.807, 2.05) is 24.3 Å². The molecule has 0 spiro atoms. The summed E-state index contributed by atoms with van der Waals surface area (Å²) in [6, 6.07) is 11.8. The molecule has 1 heterocycles. The number of amides is 1. The largest absolute Gasteiger partial charge is 0.480 e. The molecule has 0 aliphatic carbocycles. The number of hydrogen-bond acceptors (Lipinski definition) is 3. The fraction of sp³-hybridized carbons (Fsp3) is 0.316. The molecular weight excluding hydrogens is 423 g/mol. The van der Waals surface area contributed by atoms with Crippen LogP contribution in [0.5, 0.6) is 5.75 Å². The van der Waals surface area contributed by atoms with Crippen molar-refractivity contribution in [2.24, 2.45) is 0 Å². The Balaban J connectivity index is 1.57. The number of rotatable bonds is 4. The number of carbonyl (C=O) groups excluding carboxylic acids is 1. The van der Waals surface area contributed by atoms with Crippen molar-refractivity contribution in [1.82, 2.24) is 4.90 Å². The van der Waals surface area contributed by atoms with Crippen molar-refractivity contribution in [3.05, 3.63) is 57.8 Å². The van der Waals surface area contributed by atoms with Gasteiger partial charge in [-0.15, -0.1) is 0 Å². The smallest absolute Gasteiger partial charge is 0.263 e. The van der Waals surface area contributed by atoms with E-state index >= 15 is 0 Å². The third-order valence-electron chi connectivity index (χ3n) is 4.31. The number of piperazine rings is 1. The summed E-state index contributed by atoms with van der Waals surface area (Å²) < 4.78 is 19.4. The summed E-state index contributed by atoms with van der Waals surface area (Å²) >= 11 is 9.30. The average Bonchev–Trinajstić information content (AvgIpc) is 2.63. The van der Waals surface area contributed by atoms with E-state index in [4.69, 9.17) is 16.3 Å². The number of hydrogen-bond donors (Lipinski definition) is 0. The summed E-state index contributed by atoms with van der Waals surface area (Å²) in [5.74, 6) is 0.0112. The average molecular weight is 442 g/mol.